The van der Waals surface area contributed by atoms with E-state index in [4.69, 9.17) is 4.74 Å². The summed E-state index contributed by atoms with van der Waals surface area (Å²) in [6.45, 7) is 1.71. The number of benzene rings is 1. The van der Waals surface area contributed by atoms with Crippen LogP contribution >= 0.6 is 11.8 Å². The second-order valence-corrected chi connectivity index (χ2v) is 7.35. The number of rotatable bonds is 4. The monoisotopic (exact) mass is 309 g/mol. The minimum absolute atomic E-state index is 0.0907. The van der Waals surface area contributed by atoms with Gasteiger partial charge in [-0.15, -0.1) is 0 Å². The van der Waals surface area contributed by atoms with Crippen LogP contribution in [0.25, 0.3) is 0 Å². The van der Waals surface area contributed by atoms with Gasteiger partial charge in [0.05, 0.1) is 5.60 Å². The lowest BCUT2D eigenvalue weighted by molar-refractivity contribution is -0.0930. The molecule has 2 aliphatic heterocycles. The first-order chi connectivity index (χ1) is 10.3. The van der Waals surface area contributed by atoms with Gasteiger partial charge in [-0.3, -0.25) is 0 Å². The molecule has 116 valence electrons. The number of hydrogen-bond acceptors (Lipinski definition) is 3. The van der Waals surface area contributed by atoms with Crippen molar-refractivity contribution in [2.75, 3.05) is 24.7 Å². The van der Waals surface area contributed by atoms with Crippen molar-refractivity contribution in [2.24, 2.45) is 0 Å². The van der Waals surface area contributed by atoms with Crippen molar-refractivity contribution in [3.8, 4) is 0 Å². The maximum atomic E-state index is 13.6. The van der Waals surface area contributed by atoms with Crippen LogP contribution in [0.1, 0.15) is 31.2 Å². The van der Waals surface area contributed by atoms with Crippen LogP contribution in [0.4, 0.5) is 4.39 Å². The van der Waals surface area contributed by atoms with Crippen LogP contribution in [-0.4, -0.2) is 36.3 Å². The lowest BCUT2D eigenvalue weighted by Crippen LogP contribution is -2.49. The first kappa shape index (κ1) is 15.3. The van der Waals surface area contributed by atoms with Crippen molar-refractivity contribution >= 4 is 11.8 Å². The van der Waals surface area contributed by atoms with Crippen molar-refractivity contribution in [1.29, 1.82) is 0 Å². The Kier molecular flexibility index (Phi) is 5.19. The zero-order valence-electron chi connectivity index (χ0n) is 12.4. The van der Waals surface area contributed by atoms with Gasteiger partial charge in [0.25, 0.3) is 0 Å². The Morgan fingerprint density at radius 2 is 2.10 bits per heavy atom. The summed E-state index contributed by atoms with van der Waals surface area (Å²) in [5.41, 5.74) is 0.931. The number of hydrogen-bond donors (Lipinski definition) is 1. The third-order valence-electron chi connectivity index (χ3n) is 4.68. The average Bonchev–Trinajstić information content (AvgIpc) is 2.50. The van der Waals surface area contributed by atoms with Gasteiger partial charge in [-0.25, -0.2) is 4.39 Å². The normalized spacial score (nSPS) is 25.1. The van der Waals surface area contributed by atoms with Gasteiger partial charge < -0.3 is 10.1 Å². The highest BCUT2D eigenvalue weighted by molar-refractivity contribution is 7.99. The van der Waals surface area contributed by atoms with Crippen LogP contribution in [0, 0.1) is 5.82 Å². The van der Waals surface area contributed by atoms with Crippen LogP contribution in [0.3, 0.4) is 0 Å². The summed E-state index contributed by atoms with van der Waals surface area (Å²) in [5, 5.41) is 3.62. The summed E-state index contributed by atoms with van der Waals surface area (Å²) in [6, 6.07) is 7.59. The topological polar surface area (TPSA) is 21.3 Å². The van der Waals surface area contributed by atoms with Gasteiger partial charge in [0.15, 0.2) is 0 Å². The van der Waals surface area contributed by atoms with E-state index >= 15 is 0 Å². The molecule has 1 spiro atoms. The molecule has 0 saturated carbocycles. The fraction of sp³-hybridized carbons (Fsp3) is 0.647. The Labute approximate surface area is 130 Å². The van der Waals surface area contributed by atoms with E-state index < -0.39 is 0 Å². The Hall–Kier alpha value is -0.580. The predicted octanol–water partition coefficient (Wildman–Crippen LogP) is 3.40. The molecule has 2 fully saturated rings. The number of ether oxygens (including phenoxy) is 1. The molecule has 0 bridgehead atoms. The molecule has 2 nitrogen and oxygen atoms in total. The van der Waals surface area contributed by atoms with Crippen molar-refractivity contribution in [1.82, 2.24) is 5.32 Å². The standard InChI is InChI=1S/C17H24FNOS/c18-16-4-2-1-3-14(16)5-9-19-15-6-10-20-17(13-15)7-11-21-12-8-17/h1-4,15,19H,5-13H2. The van der Waals surface area contributed by atoms with Crippen molar-refractivity contribution < 1.29 is 9.13 Å². The molecule has 2 aliphatic rings. The Balaban J connectivity index is 1.48. The van der Waals surface area contributed by atoms with E-state index in [2.05, 4.69) is 5.32 Å². The van der Waals surface area contributed by atoms with Crippen molar-refractivity contribution in [2.45, 2.75) is 43.7 Å². The van der Waals surface area contributed by atoms with E-state index in [9.17, 15) is 4.39 Å². The highest BCUT2D eigenvalue weighted by atomic mass is 32.2. The fourth-order valence-electron chi connectivity index (χ4n) is 3.41. The molecule has 3 rings (SSSR count). The molecule has 1 aromatic carbocycles. The quantitative estimate of drug-likeness (QED) is 0.921. The molecule has 0 amide bonds. The molecule has 4 heteroatoms. The summed E-state index contributed by atoms with van der Waals surface area (Å²) in [4.78, 5) is 0. The van der Waals surface area contributed by atoms with Crippen molar-refractivity contribution in [3.05, 3.63) is 35.6 Å². The van der Waals surface area contributed by atoms with E-state index in [0.717, 1.165) is 38.0 Å². The molecular formula is C17H24FNOS. The number of nitrogens with one attached hydrogen (secondary N) is 1. The predicted molar refractivity (Wildman–Crippen MR) is 86.4 cm³/mol. The molecule has 1 N–H and O–H groups in total. The third-order valence-corrected chi connectivity index (χ3v) is 5.67. The second kappa shape index (κ2) is 7.12. The molecular weight excluding hydrogens is 285 g/mol. The van der Waals surface area contributed by atoms with E-state index in [1.165, 1.54) is 24.3 Å². The number of thioether (sulfide) groups is 1. The molecule has 0 radical (unpaired) electrons. The maximum Gasteiger partial charge on any atom is 0.126 e. The van der Waals surface area contributed by atoms with E-state index in [1.54, 1.807) is 12.1 Å². The minimum Gasteiger partial charge on any atom is -0.375 e. The van der Waals surface area contributed by atoms with E-state index in [1.807, 2.05) is 23.9 Å². The molecule has 21 heavy (non-hydrogen) atoms. The SMILES string of the molecule is Fc1ccccc1CCNC1CCOC2(CCSCC2)C1. The Bertz CT molecular complexity index is 456. The summed E-state index contributed by atoms with van der Waals surface area (Å²) in [6.07, 6.45) is 5.32. The molecule has 2 saturated heterocycles. The number of halogens is 1. The van der Waals surface area contributed by atoms with Crippen LogP contribution in [0.5, 0.6) is 0 Å². The van der Waals surface area contributed by atoms with Gasteiger partial charge >= 0.3 is 0 Å². The van der Waals surface area contributed by atoms with Gasteiger partial charge in [-0.1, -0.05) is 18.2 Å². The first-order valence-corrected chi connectivity index (χ1v) is 9.11. The highest BCUT2D eigenvalue weighted by Crippen LogP contribution is 2.37. The van der Waals surface area contributed by atoms with Crippen LogP contribution in [0.15, 0.2) is 24.3 Å². The Morgan fingerprint density at radius 1 is 1.29 bits per heavy atom. The van der Waals surface area contributed by atoms with Gasteiger partial charge in [0.2, 0.25) is 0 Å². The maximum absolute atomic E-state index is 13.6. The summed E-state index contributed by atoms with van der Waals surface area (Å²) >= 11 is 2.04. The summed E-state index contributed by atoms with van der Waals surface area (Å²) in [7, 11) is 0. The largest absolute Gasteiger partial charge is 0.375 e. The van der Waals surface area contributed by atoms with Crippen LogP contribution < -0.4 is 5.32 Å². The van der Waals surface area contributed by atoms with E-state index in [-0.39, 0.29) is 11.4 Å². The highest BCUT2D eigenvalue weighted by Gasteiger charge is 2.38. The van der Waals surface area contributed by atoms with Gasteiger partial charge in [0, 0.05) is 12.6 Å². The molecule has 1 aromatic rings. The summed E-state index contributed by atoms with van der Waals surface area (Å²) in [5.74, 6) is 2.36. The fourth-order valence-corrected chi connectivity index (χ4v) is 4.64. The van der Waals surface area contributed by atoms with Crippen molar-refractivity contribution in [3.63, 3.8) is 0 Å². The average molecular weight is 309 g/mol. The molecule has 2 heterocycles. The third kappa shape index (κ3) is 3.99. The lowest BCUT2D eigenvalue weighted by atomic mass is 9.85. The van der Waals surface area contributed by atoms with Crippen LogP contribution in [0.2, 0.25) is 0 Å². The van der Waals surface area contributed by atoms with Gasteiger partial charge in [0.1, 0.15) is 5.82 Å². The van der Waals surface area contributed by atoms with E-state index in [0.29, 0.717) is 6.04 Å². The van der Waals surface area contributed by atoms with Gasteiger partial charge in [-0.2, -0.15) is 11.8 Å². The molecule has 0 aromatic heterocycles. The smallest absolute Gasteiger partial charge is 0.126 e. The lowest BCUT2D eigenvalue weighted by Gasteiger charge is -2.43. The zero-order chi connectivity index (χ0) is 14.5. The molecule has 0 aliphatic carbocycles. The first-order valence-electron chi connectivity index (χ1n) is 7.96. The zero-order valence-corrected chi connectivity index (χ0v) is 13.3. The molecule has 1 unspecified atom stereocenters. The second-order valence-electron chi connectivity index (χ2n) is 6.13. The minimum atomic E-state index is -0.0907. The Morgan fingerprint density at radius 3 is 2.90 bits per heavy atom. The van der Waals surface area contributed by atoms with Gasteiger partial charge in [-0.05, 0) is 61.8 Å². The summed E-state index contributed by atoms with van der Waals surface area (Å²) < 4.78 is 19.7. The van der Waals surface area contributed by atoms with Crippen LogP contribution in [-0.2, 0) is 11.2 Å². The molecule has 1 atom stereocenters.